The van der Waals surface area contributed by atoms with Crippen molar-refractivity contribution in [1.29, 1.82) is 0 Å². The molecule has 168 valence electrons. The summed E-state index contributed by atoms with van der Waals surface area (Å²) in [4.78, 5) is 15.1. The summed E-state index contributed by atoms with van der Waals surface area (Å²) in [6, 6.07) is 13.2. The number of thioether (sulfide) groups is 1. The van der Waals surface area contributed by atoms with Crippen LogP contribution in [0, 0.1) is 0 Å². The molecule has 1 fully saturated rings. The number of carbonyl (C=O) groups is 1. The second kappa shape index (κ2) is 9.95. The highest BCUT2D eigenvalue weighted by Gasteiger charge is 2.30. The van der Waals surface area contributed by atoms with Crippen LogP contribution in [0.25, 0.3) is 11.5 Å². The predicted octanol–water partition coefficient (Wildman–Crippen LogP) is 4.22. The number of hydrogen-bond acceptors (Lipinski definition) is 8. The molecule has 0 N–H and O–H groups in total. The standard InChI is InChI=1S/C23H25N3O5S/c1-28-17-13-16(14-18(29-2)19(17)30-3)21-24-25-23(31-21)32-20(15-9-5-4-6-10-15)22(27)26-11-7-8-12-26/h4-6,9-10,13-14,20H,7-8,11-12H2,1-3H3. The molecule has 2 heterocycles. The van der Waals surface area contributed by atoms with E-state index in [1.807, 2.05) is 35.2 Å². The van der Waals surface area contributed by atoms with E-state index >= 15 is 0 Å². The summed E-state index contributed by atoms with van der Waals surface area (Å²) in [5.74, 6) is 1.81. The zero-order chi connectivity index (χ0) is 22.5. The summed E-state index contributed by atoms with van der Waals surface area (Å²) in [6.07, 6.45) is 2.06. The molecule has 0 saturated carbocycles. The molecule has 32 heavy (non-hydrogen) atoms. The third-order valence-corrected chi connectivity index (χ3v) is 6.36. The molecule has 1 aliphatic rings. The van der Waals surface area contributed by atoms with Gasteiger partial charge in [0.2, 0.25) is 17.5 Å². The molecule has 3 aromatic rings. The largest absolute Gasteiger partial charge is 0.493 e. The molecule has 1 amide bonds. The van der Waals surface area contributed by atoms with Gasteiger partial charge in [0.05, 0.1) is 21.3 Å². The van der Waals surface area contributed by atoms with Crippen molar-refractivity contribution in [3.63, 3.8) is 0 Å². The number of amides is 1. The molecule has 8 nitrogen and oxygen atoms in total. The van der Waals surface area contributed by atoms with Crippen LogP contribution in [0.1, 0.15) is 23.7 Å². The van der Waals surface area contributed by atoms with Crippen LogP contribution in [0.2, 0.25) is 0 Å². The predicted molar refractivity (Wildman–Crippen MR) is 120 cm³/mol. The summed E-state index contributed by atoms with van der Waals surface area (Å²) >= 11 is 1.26. The number of methoxy groups -OCH3 is 3. The van der Waals surface area contributed by atoms with Gasteiger partial charge in [-0.2, -0.15) is 0 Å². The first kappa shape index (κ1) is 22.0. The Bertz CT molecular complexity index is 1040. The fourth-order valence-electron chi connectivity index (χ4n) is 3.67. The molecule has 1 saturated heterocycles. The molecule has 0 bridgehead atoms. The summed E-state index contributed by atoms with van der Waals surface area (Å²) in [7, 11) is 4.64. The van der Waals surface area contributed by atoms with Gasteiger partial charge in [-0.1, -0.05) is 30.3 Å². The van der Waals surface area contributed by atoms with E-state index in [1.165, 1.54) is 11.8 Å². The number of nitrogens with zero attached hydrogens (tertiary/aromatic N) is 3. The molecular weight excluding hydrogens is 430 g/mol. The summed E-state index contributed by atoms with van der Waals surface area (Å²) in [5.41, 5.74) is 1.53. The van der Waals surface area contributed by atoms with Crippen LogP contribution in [0.15, 0.2) is 52.1 Å². The van der Waals surface area contributed by atoms with Crippen molar-refractivity contribution in [2.24, 2.45) is 0 Å². The molecule has 2 aromatic carbocycles. The molecule has 4 rings (SSSR count). The van der Waals surface area contributed by atoms with Gasteiger partial charge in [-0.3, -0.25) is 4.79 Å². The fraction of sp³-hybridized carbons (Fsp3) is 0.348. The Morgan fingerprint density at radius 3 is 2.25 bits per heavy atom. The highest BCUT2D eigenvalue weighted by atomic mass is 32.2. The average Bonchev–Trinajstić information content (AvgIpc) is 3.54. The SMILES string of the molecule is COc1cc(-c2nnc(SC(C(=O)N3CCCC3)c3ccccc3)o2)cc(OC)c1OC. The second-order valence-corrected chi connectivity index (χ2v) is 8.28. The van der Waals surface area contributed by atoms with Gasteiger partial charge >= 0.3 is 0 Å². The fourth-order valence-corrected chi connectivity index (χ4v) is 4.63. The first-order chi connectivity index (χ1) is 15.6. The molecule has 0 radical (unpaired) electrons. The van der Waals surface area contributed by atoms with E-state index in [0.717, 1.165) is 31.5 Å². The number of aromatic nitrogens is 2. The van der Waals surface area contributed by atoms with E-state index in [4.69, 9.17) is 18.6 Å². The number of benzene rings is 2. The van der Waals surface area contributed by atoms with Crippen LogP contribution in [0.4, 0.5) is 0 Å². The van der Waals surface area contributed by atoms with Gasteiger partial charge in [0, 0.05) is 18.7 Å². The minimum atomic E-state index is -0.456. The van der Waals surface area contributed by atoms with Crippen molar-refractivity contribution in [1.82, 2.24) is 15.1 Å². The lowest BCUT2D eigenvalue weighted by atomic mass is 10.1. The van der Waals surface area contributed by atoms with Gasteiger partial charge < -0.3 is 23.5 Å². The normalized spacial score (nSPS) is 14.3. The summed E-state index contributed by atoms with van der Waals surface area (Å²) in [6.45, 7) is 1.56. The first-order valence-electron chi connectivity index (χ1n) is 10.3. The van der Waals surface area contributed by atoms with Gasteiger partial charge in [-0.15, -0.1) is 10.2 Å². The van der Waals surface area contributed by atoms with Crippen LogP contribution < -0.4 is 14.2 Å². The zero-order valence-corrected chi connectivity index (χ0v) is 19.1. The van der Waals surface area contributed by atoms with Crippen molar-refractivity contribution in [2.45, 2.75) is 23.3 Å². The number of ether oxygens (including phenoxy) is 3. The minimum Gasteiger partial charge on any atom is -0.493 e. The summed E-state index contributed by atoms with van der Waals surface area (Å²) in [5, 5.41) is 8.22. The van der Waals surface area contributed by atoms with Crippen LogP contribution in [-0.4, -0.2) is 55.4 Å². The van der Waals surface area contributed by atoms with E-state index in [1.54, 1.807) is 33.5 Å². The maximum absolute atomic E-state index is 13.2. The third-order valence-electron chi connectivity index (χ3n) is 5.28. The molecule has 1 aromatic heterocycles. The van der Waals surface area contributed by atoms with Crippen LogP contribution >= 0.6 is 11.8 Å². The van der Waals surface area contributed by atoms with Gasteiger partial charge in [-0.25, -0.2) is 0 Å². The molecule has 0 aliphatic carbocycles. The molecule has 1 unspecified atom stereocenters. The van der Waals surface area contributed by atoms with E-state index in [-0.39, 0.29) is 5.91 Å². The lowest BCUT2D eigenvalue weighted by molar-refractivity contribution is -0.129. The molecule has 1 aliphatic heterocycles. The summed E-state index contributed by atoms with van der Waals surface area (Å²) < 4.78 is 22.1. The number of hydrogen-bond donors (Lipinski definition) is 0. The number of carbonyl (C=O) groups excluding carboxylic acids is 1. The van der Waals surface area contributed by atoms with E-state index < -0.39 is 5.25 Å². The Morgan fingerprint density at radius 1 is 1.00 bits per heavy atom. The first-order valence-corrected chi connectivity index (χ1v) is 11.2. The monoisotopic (exact) mass is 455 g/mol. The van der Waals surface area contributed by atoms with Crippen molar-refractivity contribution in [2.75, 3.05) is 34.4 Å². The van der Waals surface area contributed by atoms with Gasteiger partial charge in [0.1, 0.15) is 5.25 Å². The average molecular weight is 456 g/mol. The van der Waals surface area contributed by atoms with Crippen molar-refractivity contribution in [3.8, 4) is 28.7 Å². The lowest BCUT2D eigenvalue weighted by Gasteiger charge is -2.22. The molecule has 9 heteroatoms. The Hall–Kier alpha value is -3.20. The lowest BCUT2D eigenvalue weighted by Crippen LogP contribution is -2.31. The highest BCUT2D eigenvalue weighted by Crippen LogP contribution is 2.42. The Labute approximate surface area is 190 Å². The van der Waals surface area contributed by atoms with Crippen molar-refractivity contribution >= 4 is 17.7 Å². The third kappa shape index (κ3) is 4.52. The van der Waals surface area contributed by atoms with Gasteiger partial charge in [0.15, 0.2) is 11.5 Å². The van der Waals surface area contributed by atoms with Gasteiger partial charge in [-0.05, 0) is 42.3 Å². The quantitative estimate of drug-likeness (QED) is 0.467. The number of rotatable bonds is 8. The van der Waals surface area contributed by atoms with E-state index in [2.05, 4.69) is 10.2 Å². The molecular formula is C23H25N3O5S. The van der Waals surface area contributed by atoms with Gasteiger partial charge in [0.25, 0.3) is 5.22 Å². The number of likely N-dealkylation sites (tertiary alicyclic amines) is 1. The maximum Gasteiger partial charge on any atom is 0.277 e. The van der Waals surface area contributed by atoms with Crippen molar-refractivity contribution in [3.05, 3.63) is 48.0 Å². The smallest absolute Gasteiger partial charge is 0.277 e. The van der Waals surface area contributed by atoms with Crippen LogP contribution in [-0.2, 0) is 4.79 Å². The van der Waals surface area contributed by atoms with E-state index in [0.29, 0.717) is 33.9 Å². The van der Waals surface area contributed by atoms with Crippen LogP contribution in [0.3, 0.4) is 0 Å². The topological polar surface area (TPSA) is 86.9 Å². The van der Waals surface area contributed by atoms with Crippen molar-refractivity contribution < 1.29 is 23.4 Å². The Kier molecular flexibility index (Phi) is 6.84. The minimum absolute atomic E-state index is 0.0613. The highest BCUT2D eigenvalue weighted by molar-refractivity contribution is 8.00. The second-order valence-electron chi connectivity index (χ2n) is 7.23. The Balaban J connectivity index is 1.62. The van der Waals surface area contributed by atoms with Crippen LogP contribution in [0.5, 0.6) is 17.2 Å². The maximum atomic E-state index is 13.2. The Morgan fingerprint density at radius 2 is 1.66 bits per heavy atom. The molecule has 0 spiro atoms. The van der Waals surface area contributed by atoms with E-state index in [9.17, 15) is 4.79 Å². The zero-order valence-electron chi connectivity index (χ0n) is 18.2. The molecule has 1 atom stereocenters.